The molecular weight excluding hydrogens is 376 g/mol. The van der Waals surface area contributed by atoms with Gasteiger partial charge in [-0.15, -0.1) is 0 Å². The molecular formula is C21H26N2O4S. The van der Waals surface area contributed by atoms with Gasteiger partial charge in [-0.05, 0) is 61.7 Å². The average molecular weight is 403 g/mol. The van der Waals surface area contributed by atoms with Crippen molar-refractivity contribution >= 4 is 21.6 Å². The predicted molar refractivity (Wildman–Crippen MR) is 109 cm³/mol. The number of rotatable bonds is 6. The first-order valence-corrected chi connectivity index (χ1v) is 11.0. The Morgan fingerprint density at radius 1 is 1.04 bits per heavy atom. The molecule has 2 aromatic rings. The van der Waals surface area contributed by atoms with Crippen molar-refractivity contribution in [1.82, 2.24) is 5.32 Å². The summed E-state index contributed by atoms with van der Waals surface area (Å²) in [6.07, 6.45) is 5.38. The van der Waals surface area contributed by atoms with Gasteiger partial charge in [0.2, 0.25) is 0 Å². The minimum atomic E-state index is -3.81. The van der Waals surface area contributed by atoms with E-state index in [0.717, 1.165) is 31.2 Å². The van der Waals surface area contributed by atoms with E-state index in [-0.39, 0.29) is 16.8 Å². The molecule has 28 heavy (non-hydrogen) atoms. The summed E-state index contributed by atoms with van der Waals surface area (Å²) in [6.45, 7) is 1.81. The largest absolute Gasteiger partial charge is 0.497 e. The first-order chi connectivity index (χ1) is 13.4. The van der Waals surface area contributed by atoms with Gasteiger partial charge in [-0.2, -0.15) is 0 Å². The Bertz CT molecular complexity index is 933. The van der Waals surface area contributed by atoms with Crippen molar-refractivity contribution in [2.75, 3.05) is 11.8 Å². The number of amides is 1. The SMILES string of the molecule is COc1ccc(NS(=O)(=O)c2ccc(C)c(C(=O)NC3CCCCC3)c2)cc1. The maximum atomic E-state index is 12.8. The van der Waals surface area contributed by atoms with Crippen LogP contribution in [0.5, 0.6) is 5.75 Å². The zero-order chi connectivity index (χ0) is 20.1. The van der Waals surface area contributed by atoms with Crippen molar-refractivity contribution in [3.63, 3.8) is 0 Å². The predicted octanol–water partition coefficient (Wildman–Crippen LogP) is 3.87. The molecule has 7 heteroatoms. The molecule has 0 radical (unpaired) electrons. The Labute approximate surface area is 166 Å². The van der Waals surface area contributed by atoms with Crippen LogP contribution >= 0.6 is 0 Å². The van der Waals surface area contributed by atoms with E-state index < -0.39 is 10.0 Å². The highest BCUT2D eigenvalue weighted by molar-refractivity contribution is 7.92. The van der Waals surface area contributed by atoms with Crippen LogP contribution in [0.4, 0.5) is 5.69 Å². The first kappa shape index (κ1) is 20.2. The molecule has 0 heterocycles. The molecule has 0 spiro atoms. The standard InChI is InChI=1S/C21H26N2O4S/c1-15-8-13-19(14-20(15)21(24)22-16-6-4-3-5-7-16)28(25,26)23-17-9-11-18(27-2)12-10-17/h8-14,16,23H,3-7H2,1-2H3,(H,22,24). The summed E-state index contributed by atoms with van der Waals surface area (Å²) in [5, 5.41) is 3.05. The van der Waals surface area contributed by atoms with Crippen molar-refractivity contribution in [1.29, 1.82) is 0 Å². The molecule has 0 atom stereocenters. The fourth-order valence-electron chi connectivity index (χ4n) is 3.40. The van der Waals surface area contributed by atoms with Gasteiger partial charge in [-0.3, -0.25) is 9.52 Å². The lowest BCUT2D eigenvalue weighted by Crippen LogP contribution is -2.36. The van der Waals surface area contributed by atoms with E-state index in [4.69, 9.17) is 4.74 Å². The Morgan fingerprint density at radius 2 is 1.71 bits per heavy atom. The van der Waals surface area contributed by atoms with Gasteiger partial charge in [0.25, 0.3) is 15.9 Å². The van der Waals surface area contributed by atoms with Crippen LogP contribution in [0.1, 0.15) is 48.0 Å². The second kappa shape index (κ2) is 8.65. The van der Waals surface area contributed by atoms with Gasteiger partial charge in [0.1, 0.15) is 5.75 Å². The highest BCUT2D eigenvalue weighted by atomic mass is 32.2. The third-order valence-electron chi connectivity index (χ3n) is 5.05. The molecule has 1 aliphatic rings. The Morgan fingerprint density at radius 3 is 2.36 bits per heavy atom. The zero-order valence-electron chi connectivity index (χ0n) is 16.2. The lowest BCUT2D eigenvalue weighted by molar-refractivity contribution is 0.0927. The number of aryl methyl sites for hydroxylation is 1. The smallest absolute Gasteiger partial charge is 0.261 e. The molecule has 1 fully saturated rings. The maximum absolute atomic E-state index is 12.8. The van der Waals surface area contributed by atoms with E-state index in [1.807, 2.05) is 6.92 Å². The van der Waals surface area contributed by atoms with Crippen molar-refractivity contribution in [2.45, 2.75) is 50.0 Å². The van der Waals surface area contributed by atoms with E-state index in [9.17, 15) is 13.2 Å². The van der Waals surface area contributed by atoms with E-state index in [1.165, 1.54) is 18.6 Å². The third-order valence-corrected chi connectivity index (χ3v) is 6.43. The quantitative estimate of drug-likeness (QED) is 0.768. The molecule has 1 amide bonds. The normalized spacial score (nSPS) is 15.1. The van der Waals surface area contributed by atoms with Crippen molar-refractivity contribution in [3.8, 4) is 5.75 Å². The summed E-state index contributed by atoms with van der Waals surface area (Å²) >= 11 is 0. The molecule has 0 unspecified atom stereocenters. The van der Waals surface area contributed by atoms with Gasteiger partial charge in [0.15, 0.2) is 0 Å². The Hall–Kier alpha value is -2.54. The molecule has 6 nitrogen and oxygen atoms in total. The van der Waals surface area contributed by atoms with E-state index in [1.54, 1.807) is 37.4 Å². The minimum Gasteiger partial charge on any atom is -0.497 e. The van der Waals surface area contributed by atoms with E-state index >= 15 is 0 Å². The number of hydrogen-bond acceptors (Lipinski definition) is 4. The van der Waals surface area contributed by atoms with Crippen molar-refractivity contribution < 1.29 is 17.9 Å². The monoisotopic (exact) mass is 402 g/mol. The van der Waals surface area contributed by atoms with Gasteiger partial charge in [0, 0.05) is 17.3 Å². The second-order valence-electron chi connectivity index (χ2n) is 7.12. The summed E-state index contributed by atoms with van der Waals surface area (Å²) in [6, 6.07) is 11.4. The first-order valence-electron chi connectivity index (χ1n) is 9.47. The number of carbonyl (C=O) groups excluding carboxylic acids is 1. The van der Waals surface area contributed by atoms with Crippen molar-refractivity contribution in [3.05, 3.63) is 53.6 Å². The van der Waals surface area contributed by atoms with Crippen LogP contribution in [0, 0.1) is 6.92 Å². The highest BCUT2D eigenvalue weighted by Gasteiger charge is 2.21. The van der Waals surface area contributed by atoms with Crippen LogP contribution in [-0.4, -0.2) is 27.5 Å². The maximum Gasteiger partial charge on any atom is 0.261 e. The molecule has 1 aliphatic carbocycles. The van der Waals surface area contributed by atoms with Gasteiger partial charge < -0.3 is 10.1 Å². The molecule has 1 saturated carbocycles. The summed E-state index contributed by atoms with van der Waals surface area (Å²) in [5.74, 6) is 0.422. The number of ether oxygens (including phenoxy) is 1. The van der Waals surface area contributed by atoms with Crippen molar-refractivity contribution in [2.24, 2.45) is 0 Å². The molecule has 0 aliphatic heterocycles. The average Bonchev–Trinajstić information content (AvgIpc) is 2.69. The van der Waals surface area contributed by atoms with E-state index in [0.29, 0.717) is 17.0 Å². The molecule has 0 saturated heterocycles. The lowest BCUT2D eigenvalue weighted by atomic mass is 9.95. The fourth-order valence-corrected chi connectivity index (χ4v) is 4.48. The topological polar surface area (TPSA) is 84.5 Å². The number of carbonyl (C=O) groups is 1. The van der Waals surface area contributed by atoms with E-state index in [2.05, 4.69) is 10.0 Å². The number of nitrogens with one attached hydrogen (secondary N) is 2. The third kappa shape index (κ3) is 4.84. The molecule has 150 valence electrons. The summed E-state index contributed by atoms with van der Waals surface area (Å²) in [4.78, 5) is 12.8. The minimum absolute atomic E-state index is 0.0581. The fraction of sp³-hybridized carbons (Fsp3) is 0.381. The highest BCUT2D eigenvalue weighted by Crippen LogP contribution is 2.22. The number of benzene rings is 2. The summed E-state index contributed by atoms with van der Waals surface area (Å²) in [5.41, 5.74) is 1.56. The second-order valence-corrected chi connectivity index (χ2v) is 8.80. The Kier molecular flexibility index (Phi) is 6.24. The Balaban J connectivity index is 1.79. The van der Waals surface area contributed by atoms with Crippen LogP contribution in [0.15, 0.2) is 47.4 Å². The molecule has 2 N–H and O–H groups in total. The molecule has 2 aromatic carbocycles. The summed E-state index contributed by atoms with van der Waals surface area (Å²) < 4.78 is 33.1. The van der Waals surface area contributed by atoms with Crippen LogP contribution in [-0.2, 0) is 10.0 Å². The molecule has 0 bridgehead atoms. The number of hydrogen-bond donors (Lipinski definition) is 2. The van der Waals surface area contributed by atoms with Gasteiger partial charge in [0.05, 0.1) is 12.0 Å². The van der Waals surface area contributed by atoms with Crippen LogP contribution in [0.3, 0.4) is 0 Å². The number of anilines is 1. The van der Waals surface area contributed by atoms with Crippen LogP contribution in [0.25, 0.3) is 0 Å². The zero-order valence-corrected chi connectivity index (χ0v) is 17.0. The van der Waals surface area contributed by atoms with Crippen LogP contribution in [0.2, 0.25) is 0 Å². The molecule has 0 aromatic heterocycles. The lowest BCUT2D eigenvalue weighted by Gasteiger charge is -2.23. The number of sulfonamides is 1. The number of methoxy groups -OCH3 is 1. The van der Waals surface area contributed by atoms with Crippen LogP contribution < -0.4 is 14.8 Å². The van der Waals surface area contributed by atoms with Gasteiger partial charge >= 0.3 is 0 Å². The van der Waals surface area contributed by atoms with Gasteiger partial charge in [-0.1, -0.05) is 25.3 Å². The summed E-state index contributed by atoms with van der Waals surface area (Å²) in [7, 11) is -2.26. The van der Waals surface area contributed by atoms with Gasteiger partial charge in [-0.25, -0.2) is 8.42 Å². The molecule has 3 rings (SSSR count).